The summed E-state index contributed by atoms with van der Waals surface area (Å²) in [5.41, 5.74) is 6.99. The lowest BCUT2D eigenvalue weighted by atomic mass is 10.0. The number of nitrogens with zero attached hydrogens (tertiary/aromatic N) is 1. The maximum absolute atomic E-state index is 12.0. The zero-order valence-electron chi connectivity index (χ0n) is 10.3. The number of rotatable bonds is 2. The quantitative estimate of drug-likeness (QED) is 0.864. The Kier molecular flexibility index (Phi) is 2.96. The number of hydrogen-bond donors (Lipinski definition) is 1. The molecule has 1 aliphatic carbocycles. The zero-order chi connectivity index (χ0) is 12.5. The molecule has 1 aliphatic heterocycles. The first-order valence-corrected chi connectivity index (χ1v) is 6.47. The molecule has 1 aromatic rings. The molecule has 1 saturated carbocycles. The molecule has 0 spiro atoms. The van der Waals surface area contributed by atoms with Gasteiger partial charge in [-0.25, -0.2) is 4.79 Å². The molecule has 96 valence electrons. The fourth-order valence-electron chi connectivity index (χ4n) is 3.02. The van der Waals surface area contributed by atoms with Crippen molar-refractivity contribution in [1.29, 1.82) is 0 Å². The van der Waals surface area contributed by atoms with E-state index in [1.54, 1.807) is 0 Å². The standard InChI is InChI=1S/C14H18N2O2/c15-13-7-12-6-11(13)8-16(12)14(17)18-9-10-4-2-1-3-5-10/h1-5,11-13H,6-9,15H2/t11-,12+,13-/m0/s1. The Morgan fingerprint density at radius 3 is 2.72 bits per heavy atom. The maximum atomic E-state index is 12.0. The zero-order valence-corrected chi connectivity index (χ0v) is 10.3. The Morgan fingerprint density at radius 2 is 2.11 bits per heavy atom. The van der Waals surface area contributed by atoms with Crippen molar-refractivity contribution >= 4 is 6.09 Å². The van der Waals surface area contributed by atoms with E-state index in [1.165, 1.54) is 0 Å². The number of amides is 1. The molecular formula is C14H18N2O2. The fraction of sp³-hybridized carbons (Fsp3) is 0.500. The first kappa shape index (κ1) is 11.5. The summed E-state index contributed by atoms with van der Waals surface area (Å²) in [6, 6.07) is 10.3. The largest absolute Gasteiger partial charge is 0.445 e. The minimum Gasteiger partial charge on any atom is -0.445 e. The van der Waals surface area contributed by atoms with E-state index in [4.69, 9.17) is 10.5 Å². The third-order valence-electron chi connectivity index (χ3n) is 4.04. The molecule has 0 aromatic heterocycles. The maximum Gasteiger partial charge on any atom is 0.410 e. The van der Waals surface area contributed by atoms with Gasteiger partial charge in [0.25, 0.3) is 0 Å². The number of carbonyl (C=O) groups is 1. The second kappa shape index (κ2) is 4.61. The minimum absolute atomic E-state index is 0.196. The van der Waals surface area contributed by atoms with Crippen molar-refractivity contribution in [2.75, 3.05) is 6.54 Å². The van der Waals surface area contributed by atoms with Gasteiger partial charge in [-0.15, -0.1) is 0 Å². The fourth-order valence-corrected chi connectivity index (χ4v) is 3.02. The molecule has 1 amide bonds. The van der Waals surface area contributed by atoms with Crippen LogP contribution >= 0.6 is 0 Å². The SMILES string of the molecule is N[C@H]1C[C@H]2C[C@H]1CN2C(=O)OCc1ccccc1. The van der Waals surface area contributed by atoms with Gasteiger partial charge in [0.1, 0.15) is 6.61 Å². The molecule has 1 aromatic carbocycles. The van der Waals surface area contributed by atoms with Crippen LogP contribution in [0.3, 0.4) is 0 Å². The van der Waals surface area contributed by atoms with Crippen LogP contribution in [0.5, 0.6) is 0 Å². The van der Waals surface area contributed by atoms with E-state index >= 15 is 0 Å². The van der Waals surface area contributed by atoms with Crippen molar-refractivity contribution in [2.24, 2.45) is 11.7 Å². The topological polar surface area (TPSA) is 55.6 Å². The summed E-state index contributed by atoms with van der Waals surface area (Å²) >= 11 is 0. The smallest absolute Gasteiger partial charge is 0.410 e. The molecule has 4 heteroatoms. The van der Waals surface area contributed by atoms with Crippen LogP contribution in [0.4, 0.5) is 4.79 Å². The Hall–Kier alpha value is -1.55. The molecule has 0 unspecified atom stereocenters. The van der Waals surface area contributed by atoms with Crippen LogP contribution in [-0.2, 0) is 11.3 Å². The van der Waals surface area contributed by atoms with Gasteiger partial charge in [0.15, 0.2) is 0 Å². The van der Waals surface area contributed by atoms with Gasteiger partial charge in [-0.3, -0.25) is 0 Å². The predicted molar refractivity (Wildman–Crippen MR) is 67.8 cm³/mol. The summed E-state index contributed by atoms with van der Waals surface area (Å²) in [7, 11) is 0. The number of ether oxygens (including phenoxy) is 1. The van der Waals surface area contributed by atoms with E-state index in [0.29, 0.717) is 18.6 Å². The summed E-state index contributed by atoms with van der Waals surface area (Å²) < 4.78 is 5.35. The number of piperidine rings is 1. The number of fused-ring (bicyclic) bond motifs is 2. The number of nitrogens with two attached hydrogens (primary N) is 1. The Balaban J connectivity index is 1.54. The normalized spacial score (nSPS) is 29.6. The molecule has 2 fully saturated rings. The molecule has 0 radical (unpaired) electrons. The number of likely N-dealkylation sites (tertiary alicyclic amines) is 1. The van der Waals surface area contributed by atoms with Gasteiger partial charge in [0, 0.05) is 18.6 Å². The highest BCUT2D eigenvalue weighted by molar-refractivity contribution is 5.68. The molecule has 4 nitrogen and oxygen atoms in total. The molecule has 2 aliphatic rings. The Bertz CT molecular complexity index is 433. The lowest BCUT2D eigenvalue weighted by Gasteiger charge is -2.29. The highest BCUT2D eigenvalue weighted by Gasteiger charge is 2.45. The lowest BCUT2D eigenvalue weighted by Crippen LogP contribution is -2.44. The van der Waals surface area contributed by atoms with Crippen LogP contribution in [0.25, 0.3) is 0 Å². The summed E-state index contributed by atoms with van der Waals surface area (Å²) in [6.07, 6.45) is 1.77. The van der Waals surface area contributed by atoms with Crippen molar-refractivity contribution in [3.05, 3.63) is 35.9 Å². The molecule has 3 atom stereocenters. The molecule has 3 rings (SSSR count). The number of hydrogen-bond acceptors (Lipinski definition) is 3. The first-order valence-electron chi connectivity index (χ1n) is 6.47. The minimum atomic E-state index is -0.196. The van der Waals surface area contributed by atoms with Crippen molar-refractivity contribution in [3.63, 3.8) is 0 Å². The third kappa shape index (κ3) is 2.08. The second-order valence-corrected chi connectivity index (χ2v) is 5.24. The molecule has 1 heterocycles. The van der Waals surface area contributed by atoms with Gasteiger partial charge in [-0.05, 0) is 24.3 Å². The second-order valence-electron chi connectivity index (χ2n) is 5.24. The van der Waals surface area contributed by atoms with Crippen LogP contribution in [-0.4, -0.2) is 29.6 Å². The number of benzene rings is 1. The van der Waals surface area contributed by atoms with Gasteiger partial charge in [-0.1, -0.05) is 30.3 Å². The Labute approximate surface area is 107 Å². The summed E-state index contributed by atoms with van der Waals surface area (Å²) in [5.74, 6) is 0.472. The van der Waals surface area contributed by atoms with Gasteiger partial charge < -0.3 is 15.4 Å². The number of carbonyl (C=O) groups excluding carboxylic acids is 1. The van der Waals surface area contributed by atoms with Crippen LogP contribution in [0.2, 0.25) is 0 Å². The monoisotopic (exact) mass is 246 g/mol. The Morgan fingerprint density at radius 1 is 1.33 bits per heavy atom. The van der Waals surface area contributed by atoms with E-state index in [2.05, 4.69) is 0 Å². The van der Waals surface area contributed by atoms with Crippen molar-refractivity contribution in [3.8, 4) is 0 Å². The van der Waals surface area contributed by atoms with Crippen LogP contribution < -0.4 is 5.73 Å². The molecule has 2 N–H and O–H groups in total. The summed E-state index contributed by atoms with van der Waals surface area (Å²) in [6.45, 7) is 1.11. The molecular weight excluding hydrogens is 228 g/mol. The van der Waals surface area contributed by atoms with Crippen molar-refractivity contribution in [2.45, 2.75) is 31.5 Å². The van der Waals surface area contributed by atoms with E-state index in [9.17, 15) is 4.79 Å². The van der Waals surface area contributed by atoms with Crippen LogP contribution in [0.15, 0.2) is 30.3 Å². The average molecular weight is 246 g/mol. The third-order valence-corrected chi connectivity index (χ3v) is 4.04. The highest BCUT2D eigenvalue weighted by Crippen LogP contribution is 2.37. The molecule has 1 saturated heterocycles. The average Bonchev–Trinajstić information content (AvgIpc) is 2.96. The van der Waals surface area contributed by atoms with Crippen molar-refractivity contribution < 1.29 is 9.53 Å². The lowest BCUT2D eigenvalue weighted by molar-refractivity contribution is 0.0834. The van der Waals surface area contributed by atoms with E-state index in [0.717, 1.165) is 24.9 Å². The summed E-state index contributed by atoms with van der Waals surface area (Å²) in [5, 5.41) is 0. The van der Waals surface area contributed by atoms with Gasteiger partial charge in [0.05, 0.1) is 0 Å². The molecule has 2 bridgehead atoms. The van der Waals surface area contributed by atoms with E-state index in [-0.39, 0.29) is 12.1 Å². The molecule has 18 heavy (non-hydrogen) atoms. The first-order chi connectivity index (χ1) is 8.74. The van der Waals surface area contributed by atoms with E-state index in [1.807, 2.05) is 35.2 Å². The van der Waals surface area contributed by atoms with Gasteiger partial charge in [-0.2, -0.15) is 0 Å². The highest BCUT2D eigenvalue weighted by atomic mass is 16.6. The summed E-state index contributed by atoms with van der Waals surface area (Å²) in [4.78, 5) is 13.8. The van der Waals surface area contributed by atoms with Crippen LogP contribution in [0, 0.1) is 5.92 Å². The van der Waals surface area contributed by atoms with Gasteiger partial charge >= 0.3 is 6.09 Å². The van der Waals surface area contributed by atoms with Crippen molar-refractivity contribution in [1.82, 2.24) is 4.90 Å². The van der Waals surface area contributed by atoms with Crippen LogP contribution in [0.1, 0.15) is 18.4 Å². The van der Waals surface area contributed by atoms with E-state index < -0.39 is 0 Å². The van der Waals surface area contributed by atoms with Gasteiger partial charge in [0.2, 0.25) is 0 Å². The predicted octanol–water partition coefficient (Wildman–Crippen LogP) is 1.74.